The van der Waals surface area contributed by atoms with Crippen LogP contribution >= 0.6 is 45.2 Å². The maximum absolute atomic E-state index is 11.0. The van der Waals surface area contributed by atoms with Crippen molar-refractivity contribution in [1.29, 1.82) is 0 Å². The minimum Gasteiger partial charge on any atom is -0.446 e. The molecular formula is C7H2I2O3. The van der Waals surface area contributed by atoms with Crippen LogP contribution in [0.5, 0.6) is 0 Å². The van der Waals surface area contributed by atoms with Crippen molar-refractivity contribution in [3.8, 4) is 11.5 Å². The van der Waals surface area contributed by atoms with E-state index < -0.39 is 0 Å². The van der Waals surface area contributed by atoms with Crippen molar-refractivity contribution in [3.05, 3.63) is 29.9 Å². The molecule has 2 heterocycles. The maximum atomic E-state index is 11.0. The van der Waals surface area contributed by atoms with E-state index in [9.17, 15) is 4.79 Å². The Hall–Kier alpha value is -0.0500. The molecule has 0 aromatic carbocycles. The zero-order valence-corrected chi connectivity index (χ0v) is 9.95. The molecule has 0 aliphatic carbocycles. The second-order valence-corrected chi connectivity index (χ2v) is 4.28. The van der Waals surface area contributed by atoms with Crippen molar-refractivity contribution < 1.29 is 8.83 Å². The van der Waals surface area contributed by atoms with Gasteiger partial charge in [-0.05, 0) is 57.3 Å². The molecule has 62 valence electrons. The Morgan fingerprint density at radius 2 is 1.92 bits per heavy atom. The average Bonchev–Trinajstić information content (AvgIpc) is 2.31. The Morgan fingerprint density at radius 3 is 2.67 bits per heavy atom. The fourth-order valence-electron chi connectivity index (χ4n) is 0.869. The first-order chi connectivity index (χ1) is 5.68. The number of hydrogen-bond donors (Lipinski definition) is 0. The molecule has 0 aromatic heterocycles. The Labute approximate surface area is 94.8 Å². The molecule has 0 bridgehead atoms. The highest BCUT2D eigenvalue weighted by atomic mass is 127. The van der Waals surface area contributed by atoms with Gasteiger partial charge in [0.05, 0.1) is 0 Å². The van der Waals surface area contributed by atoms with Gasteiger partial charge in [0.15, 0.2) is 15.3 Å². The molecule has 5 heteroatoms. The second-order valence-electron chi connectivity index (χ2n) is 2.14. The molecule has 0 saturated heterocycles. The summed E-state index contributed by atoms with van der Waals surface area (Å²) in [5, 5.41) is 0. The van der Waals surface area contributed by atoms with Gasteiger partial charge in [-0.3, -0.25) is 0 Å². The fourth-order valence-corrected chi connectivity index (χ4v) is 1.76. The fraction of sp³-hybridized carbons (Fsp3) is 0. The van der Waals surface area contributed by atoms with Crippen molar-refractivity contribution >= 4 is 45.2 Å². The summed E-state index contributed by atoms with van der Waals surface area (Å²) in [5.74, 6) is 1.04. The van der Waals surface area contributed by atoms with Gasteiger partial charge >= 0.3 is 5.63 Å². The summed E-state index contributed by atoms with van der Waals surface area (Å²) < 4.78 is 11.4. The number of hydrogen-bond acceptors (Lipinski definition) is 3. The highest BCUT2D eigenvalue weighted by Crippen LogP contribution is 2.27. The van der Waals surface area contributed by atoms with Crippen LogP contribution in [-0.2, 0) is 0 Å². The summed E-state index contributed by atoms with van der Waals surface area (Å²) in [4.78, 5) is 11.0. The summed E-state index contributed by atoms with van der Waals surface area (Å²) >= 11 is 3.95. The van der Waals surface area contributed by atoms with Crippen LogP contribution < -0.4 is 5.63 Å². The van der Waals surface area contributed by atoms with Crippen LogP contribution in [0.3, 0.4) is 0 Å². The lowest BCUT2D eigenvalue weighted by Gasteiger charge is -1.95. The summed E-state index contributed by atoms with van der Waals surface area (Å²) in [6.07, 6.45) is 0. The highest BCUT2D eigenvalue weighted by molar-refractivity contribution is 14.1. The van der Waals surface area contributed by atoms with Gasteiger partial charge in [0.25, 0.3) is 0 Å². The van der Waals surface area contributed by atoms with Gasteiger partial charge in [0, 0.05) is 0 Å². The molecule has 2 rings (SSSR count). The van der Waals surface area contributed by atoms with E-state index >= 15 is 0 Å². The topological polar surface area (TPSA) is 43.4 Å². The van der Waals surface area contributed by atoms with Crippen LogP contribution in [0.4, 0.5) is 0 Å². The molecule has 0 amide bonds. The lowest BCUT2D eigenvalue weighted by molar-refractivity contribution is 0.495. The largest absolute Gasteiger partial charge is 0.446 e. The molecule has 3 nitrogen and oxygen atoms in total. The van der Waals surface area contributed by atoms with E-state index in [2.05, 4.69) is 0 Å². The first kappa shape index (κ1) is 8.54. The quantitative estimate of drug-likeness (QED) is 0.652. The third-order valence-corrected chi connectivity index (χ3v) is 2.88. The predicted octanol–water partition coefficient (Wildman–Crippen LogP) is 2.55. The van der Waals surface area contributed by atoms with E-state index in [1.165, 1.54) is 0 Å². The third-order valence-electron chi connectivity index (χ3n) is 1.37. The van der Waals surface area contributed by atoms with Crippen LogP contribution in [0.25, 0.3) is 11.5 Å². The molecule has 2 aliphatic heterocycles. The zero-order chi connectivity index (χ0) is 8.72. The zero-order valence-electron chi connectivity index (χ0n) is 5.64. The molecule has 0 N–H and O–H groups in total. The minimum atomic E-state index is -0.337. The van der Waals surface area contributed by atoms with Crippen LogP contribution in [0, 0.1) is 7.34 Å². The van der Waals surface area contributed by atoms with Gasteiger partial charge in [0.1, 0.15) is 3.57 Å². The second kappa shape index (κ2) is 3.02. The van der Waals surface area contributed by atoms with E-state index in [0.717, 1.165) is 3.77 Å². The normalized spacial score (nSPS) is 10.8. The van der Waals surface area contributed by atoms with Crippen LogP contribution in [-0.4, -0.2) is 0 Å². The number of halogens is 2. The lowest BCUT2D eigenvalue weighted by atomic mass is 10.3. The summed E-state index contributed by atoms with van der Waals surface area (Å²) in [6, 6.07) is 3.48. The highest BCUT2D eigenvalue weighted by Gasteiger charge is 2.18. The van der Waals surface area contributed by atoms with E-state index in [4.69, 9.17) is 8.83 Å². The van der Waals surface area contributed by atoms with E-state index in [1.807, 2.05) is 45.2 Å². The smallest absolute Gasteiger partial charge is 0.353 e. The monoisotopic (exact) mass is 388 g/mol. The van der Waals surface area contributed by atoms with Crippen LogP contribution in [0.1, 0.15) is 0 Å². The molecule has 2 aliphatic rings. The number of furan rings is 1. The molecule has 0 spiro atoms. The number of rotatable bonds is 0. The van der Waals surface area contributed by atoms with Crippen LogP contribution in [0.2, 0.25) is 0 Å². The molecule has 0 radical (unpaired) electrons. The van der Waals surface area contributed by atoms with E-state index in [-0.39, 0.29) is 5.63 Å². The minimum absolute atomic E-state index is 0.337. The Morgan fingerprint density at radius 1 is 1.17 bits per heavy atom. The van der Waals surface area contributed by atoms with E-state index in [0.29, 0.717) is 15.1 Å². The molecular weight excluding hydrogens is 386 g/mol. The van der Waals surface area contributed by atoms with Gasteiger partial charge in [-0.2, -0.15) is 0 Å². The van der Waals surface area contributed by atoms with Gasteiger partial charge in [0.2, 0.25) is 0 Å². The molecule has 0 unspecified atom stereocenters. The third kappa shape index (κ3) is 1.28. The Bertz CT molecular complexity index is 443. The SMILES string of the molecule is O=c1oc2ccc(I)oc-2c1I. The van der Waals surface area contributed by atoms with E-state index in [1.54, 1.807) is 12.1 Å². The number of fused-ring (bicyclic) bond motifs is 1. The lowest BCUT2D eigenvalue weighted by Crippen LogP contribution is -1.93. The average molecular weight is 388 g/mol. The predicted molar refractivity (Wildman–Crippen MR) is 59.3 cm³/mol. The Kier molecular flexibility index (Phi) is 2.15. The van der Waals surface area contributed by atoms with Gasteiger partial charge in [-0.15, -0.1) is 0 Å². The van der Waals surface area contributed by atoms with Gasteiger partial charge < -0.3 is 8.83 Å². The molecule has 12 heavy (non-hydrogen) atoms. The summed E-state index contributed by atoms with van der Waals surface area (Å²) in [7, 11) is 0. The van der Waals surface area contributed by atoms with Crippen LogP contribution in [0.15, 0.2) is 25.8 Å². The maximum Gasteiger partial charge on any atom is 0.353 e. The molecule has 0 atom stereocenters. The van der Waals surface area contributed by atoms with Crippen molar-refractivity contribution in [3.63, 3.8) is 0 Å². The van der Waals surface area contributed by atoms with Crippen molar-refractivity contribution in [1.82, 2.24) is 0 Å². The molecule has 0 fully saturated rings. The summed E-state index contributed by atoms with van der Waals surface area (Å²) in [6.45, 7) is 0. The first-order valence-electron chi connectivity index (χ1n) is 3.06. The summed E-state index contributed by atoms with van der Waals surface area (Å²) in [5.41, 5.74) is -0.337. The first-order valence-corrected chi connectivity index (χ1v) is 5.22. The Balaban J connectivity index is 2.88. The van der Waals surface area contributed by atoms with Gasteiger partial charge in [-0.25, -0.2) is 4.79 Å². The molecule has 0 saturated carbocycles. The van der Waals surface area contributed by atoms with Gasteiger partial charge in [-0.1, -0.05) is 0 Å². The van der Waals surface area contributed by atoms with Crippen molar-refractivity contribution in [2.75, 3.05) is 0 Å². The van der Waals surface area contributed by atoms with Crippen molar-refractivity contribution in [2.24, 2.45) is 0 Å². The molecule has 0 aromatic rings. The van der Waals surface area contributed by atoms with Crippen molar-refractivity contribution in [2.45, 2.75) is 0 Å². The standard InChI is InChI=1S/C7H2I2O3/c8-4-2-1-3-6(12-4)5(9)7(10)11-3/h1-2H.